The van der Waals surface area contributed by atoms with E-state index in [2.05, 4.69) is 22.2 Å². The van der Waals surface area contributed by atoms with Crippen LogP contribution in [0.1, 0.15) is 24.2 Å². The molecule has 0 saturated heterocycles. The summed E-state index contributed by atoms with van der Waals surface area (Å²) in [6, 6.07) is 7.93. The Balaban J connectivity index is 2.20. The van der Waals surface area contributed by atoms with E-state index < -0.39 is 0 Å². The molecule has 0 aliphatic rings. The van der Waals surface area contributed by atoms with Gasteiger partial charge in [-0.05, 0) is 25.5 Å². The molecule has 0 bridgehead atoms. The van der Waals surface area contributed by atoms with Gasteiger partial charge < -0.3 is 11.1 Å². The van der Waals surface area contributed by atoms with Crippen LogP contribution in [-0.4, -0.2) is 9.97 Å². The number of anilines is 2. The average Bonchev–Trinajstić information content (AvgIpc) is 2.32. The van der Waals surface area contributed by atoms with Gasteiger partial charge in [0.25, 0.3) is 0 Å². The third-order valence-electron chi connectivity index (χ3n) is 2.70. The summed E-state index contributed by atoms with van der Waals surface area (Å²) < 4.78 is 0. The smallest absolute Gasteiger partial charge is 0.147 e. The first-order chi connectivity index (χ1) is 8.18. The van der Waals surface area contributed by atoms with Crippen LogP contribution >= 0.6 is 0 Å². The Morgan fingerprint density at radius 1 is 1.18 bits per heavy atom. The second-order valence-corrected chi connectivity index (χ2v) is 3.99. The van der Waals surface area contributed by atoms with Crippen molar-refractivity contribution in [1.29, 1.82) is 0 Å². The molecule has 0 saturated carbocycles. The number of hydrogen-bond donors (Lipinski definition) is 2. The Bertz CT molecular complexity index is 510. The number of nitrogens with zero attached hydrogens (tertiary/aromatic N) is 2. The summed E-state index contributed by atoms with van der Waals surface area (Å²) in [5.41, 5.74) is 8.67. The van der Waals surface area contributed by atoms with E-state index in [-0.39, 0.29) is 6.04 Å². The van der Waals surface area contributed by atoms with Gasteiger partial charge in [-0.1, -0.05) is 18.2 Å². The molecule has 0 fully saturated rings. The largest absolute Gasteiger partial charge is 0.398 e. The molecule has 1 heterocycles. The van der Waals surface area contributed by atoms with Crippen LogP contribution in [0.4, 0.5) is 11.5 Å². The molecule has 1 aromatic carbocycles. The molecule has 0 aliphatic heterocycles. The Morgan fingerprint density at radius 2 is 1.88 bits per heavy atom. The maximum atomic E-state index is 5.94. The zero-order valence-electron chi connectivity index (χ0n) is 10.0. The maximum absolute atomic E-state index is 5.94. The first-order valence-corrected chi connectivity index (χ1v) is 5.57. The summed E-state index contributed by atoms with van der Waals surface area (Å²) >= 11 is 0. The van der Waals surface area contributed by atoms with Gasteiger partial charge in [-0.3, -0.25) is 4.98 Å². The summed E-state index contributed by atoms with van der Waals surface area (Å²) in [6.07, 6.45) is 3.36. The topological polar surface area (TPSA) is 63.8 Å². The van der Waals surface area contributed by atoms with Crippen molar-refractivity contribution in [3.8, 4) is 0 Å². The minimum Gasteiger partial charge on any atom is -0.398 e. The fourth-order valence-corrected chi connectivity index (χ4v) is 1.74. The van der Waals surface area contributed by atoms with Crippen LogP contribution in [0.5, 0.6) is 0 Å². The van der Waals surface area contributed by atoms with Crippen molar-refractivity contribution in [2.24, 2.45) is 0 Å². The van der Waals surface area contributed by atoms with Crippen LogP contribution in [0.2, 0.25) is 0 Å². The van der Waals surface area contributed by atoms with Crippen molar-refractivity contribution in [2.45, 2.75) is 19.9 Å². The lowest BCUT2D eigenvalue weighted by molar-refractivity contribution is 0.869. The predicted octanol–water partition coefficient (Wildman–Crippen LogP) is 2.54. The highest BCUT2D eigenvalue weighted by atomic mass is 15.0. The summed E-state index contributed by atoms with van der Waals surface area (Å²) in [5, 5.41) is 3.31. The molecular formula is C13H16N4. The van der Waals surface area contributed by atoms with Gasteiger partial charge in [-0.15, -0.1) is 0 Å². The molecule has 3 N–H and O–H groups in total. The monoisotopic (exact) mass is 228 g/mol. The Kier molecular flexibility index (Phi) is 3.23. The van der Waals surface area contributed by atoms with E-state index in [0.717, 1.165) is 22.8 Å². The molecule has 4 nitrogen and oxygen atoms in total. The van der Waals surface area contributed by atoms with E-state index in [0.29, 0.717) is 0 Å². The molecule has 1 atom stereocenters. The third kappa shape index (κ3) is 2.53. The lowest BCUT2D eigenvalue weighted by Gasteiger charge is -2.17. The first-order valence-electron chi connectivity index (χ1n) is 5.57. The second kappa shape index (κ2) is 4.82. The van der Waals surface area contributed by atoms with Gasteiger partial charge in [0.05, 0.1) is 11.7 Å². The zero-order valence-corrected chi connectivity index (χ0v) is 10.0. The number of rotatable bonds is 3. The number of aromatic nitrogens is 2. The normalized spacial score (nSPS) is 12.1. The summed E-state index contributed by atoms with van der Waals surface area (Å²) in [7, 11) is 0. The zero-order chi connectivity index (χ0) is 12.3. The molecule has 0 radical (unpaired) electrons. The fourth-order valence-electron chi connectivity index (χ4n) is 1.74. The van der Waals surface area contributed by atoms with Crippen LogP contribution in [-0.2, 0) is 0 Å². The van der Waals surface area contributed by atoms with Gasteiger partial charge in [0.15, 0.2) is 0 Å². The van der Waals surface area contributed by atoms with Crippen LogP contribution in [0.3, 0.4) is 0 Å². The molecule has 2 rings (SSSR count). The minimum absolute atomic E-state index is 0.103. The second-order valence-electron chi connectivity index (χ2n) is 3.99. The number of nitrogens with one attached hydrogen (secondary N) is 1. The van der Waals surface area contributed by atoms with E-state index in [1.54, 1.807) is 12.4 Å². The van der Waals surface area contributed by atoms with Gasteiger partial charge in [0.2, 0.25) is 0 Å². The minimum atomic E-state index is 0.103. The molecule has 1 aromatic heterocycles. The lowest BCUT2D eigenvalue weighted by Crippen LogP contribution is -2.11. The Hall–Kier alpha value is -2.10. The van der Waals surface area contributed by atoms with Crippen LogP contribution in [0, 0.1) is 6.92 Å². The maximum Gasteiger partial charge on any atom is 0.147 e. The van der Waals surface area contributed by atoms with Crippen molar-refractivity contribution in [3.63, 3.8) is 0 Å². The molecule has 0 amide bonds. The molecule has 0 spiro atoms. The number of nitrogen functional groups attached to an aromatic ring is 1. The fraction of sp³-hybridized carbons (Fsp3) is 0.231. The summed E-state index contributed by atoms with van der Waals surface area (Å²) in [5.74, 6) is 0.795. The quantitative estimate of drug-likeness (QED) is 0.792. The summed E-state index contributed by atoms with van der Waals surface area (Å²) in [4.78, 5) is 8.45. The summed E-state index contributed by atoms with van der Waals surface area (Å²) in [6.45, 7) is 3.98. The van der Waals surface area contributed by atoms with Gasteiger partial charge in [0, 0.05) is 18.1 Å². The molecule has 0 aliphatic carbocycles. The van der Waals surface area contributed by atoms with E-state index in [1.807, 2.05) is 31.2 Å². The highest BCUT2D eigenvalue weighted by Gasteiger charge is 2.10. The van der Waals surface area contributed by atoms with Crippen molar-refractivity contribution in [3.05, 3.63) is 47.9 Å². The van der Waals surface area contributed by atoms with Gasteiger partial charge in [-0.25, -0.2) is 4.98 Å². The number of hydrogen-bond acceptors (Lipinski definition) is 4. The number of benzene rings is 1. The third-order valence-corrected chi connectivity index (χ3v) is 2.70. The Labute approximate surface area is 101 Å². The molecule has 2 aromatic rings. The highest BCUT2D eigenvalue weighted by Crippen LogP contribution is 2.23. The van der Waals surface area contributed by atoms with Crippen molar-refractivity contribution < 1.29 is 0 Å². The van der Waals surface area contributed by atoms with Crippen LogP contribution in [0.25, 0.3) is 0 Å². The van der Waals surface area contributed by atoms with Crippen LogP contribution in [0.15, 0.2) is 36.7 Å². The lowest BCUT2D eigenvalue weighted by atomic mass is 10.1. The average molecular weight is 228 g/mol. The number of para-hydroxylation sites is 1. The van der Waals surface area contributed by atoms with E-state index in [1.165, 1.54) is 0 Å². The standard InChI is InChI=1S/C13H16N4/c1-9(11-5-3-4-6-12(11)14)17-13-10(2)15-7-8-16-13/h3-9H,14H2,1-2H3,(H,16,17). The molecule has 17 heavy (non-hydrogen) atoms. The van der Waals surface area contributed by atoms with Crippen LogP contribution < -0.4 is 11.1 Å². The van der Waals surface area contributed by atoms with E-state index in [4.69, 9.17) is 5.73 Å². The molecule has 4 heteroatoms. The van der Waals surface area contributed by atoms with Gasteiger partial charge in [-0.2, -0.15) is 0 Å². The van der Waals surface area contributed by atoms with Gasteiger partial charge in [0.1, 0.15) is 5.82 Å². The van der Waals surface area contributed by atoms with E-state index in [9.17, 15) is 0 Å². The van der Waals surface area contributed by atoms with Crippen molar-refractivity contribution in [1.82, 2.24) is 9.97 Å². The van der Waals surface area contributed by atoms with Gasteiger partial charge >= 0.3 is 0 Å². The predicted molar refractivity (Wildman–Crippen MR) is 69.7 cm³/mol. The number of nitrogens with two attached hydrogens (primary N) is 1. The molecule has 88 valence electrons. The van der Waals surface area contributed by atoms with Crippen molar-refractivity contribution >= 4 is 11.5 Å². The highest BCUT2D eigenvalue weighted by molar-refractivity contribution is 5.51. The SMILES string of the molecule is Cc1nccnc1NC(C)c1ccccc1N. The number of aryl methyl sites for hydroxylation is 1. The van der Waals surface area contributed by atoms with Crippen molar-refractivity contribution in [2.75, 3.05) is 11.1 Å². The molecular weight excluding hydrogens is 212 g/mol. The van der Waals surface area contributed by atoms with E-state index >= 15 is 0 Å². The first kappa shape index (κ1) is 11.4. The molecule has 1 unspecified atom stereocenters. The Morgan fingerprint density at radius 3 is 2.59 bits per heavy atom.